The van der Waals surface area contributed by atoms with Crippen molar-refractivity contribution in [2.24, 2.45) is 0 Å². The molecule has 0 bridgehead atoms. The highest BCUT2D eigenvalue weighted by Crippen LogP contribution is 2.37. The number of hydrogen-bond donors (Lipinski definition) is 0. The summed E-state index contributed by atoms with van der Waals surface area (Å²) in [5.41, 5.74) is 5.24. The Bertz CT molecular complexity index is 1480. The average Bonchev–Trinajstić information content (AvgIpc) is 3.21. The zero-order valence-corrected chi connectivity index (χ0v) is 17.8. The Kier molecular flexibility index (Phi) is 3.49. The molecular weight excluding hydrogens is 478 g/mol. The van der Waals surface area contributed by atoms with Crippen molar-refractivity contribution in [3.8, 4) is 5.69 Å². The van der Waals surface area contributed by atoms with Gasteiger partial charge in [-0.1, -0.05) is 62.2 Å². The van der Waals surface area contributed by atoms with Gasteiger partial charge in [-0.05, 0) is 42.5 Å². The van der Waals surface area contributed by atoms with Crippen LogP contribution in [0.3, 0.4) is 0 Å². The molecule has 0 atom stereocenters. The Morgan fingerprint density at radius 3 is 1.89 bits per heavy atom. The quantitative estimate of drug-likeness (QED) is 0.227. The van der Waals surface area contributed by atoms with Crippen LogP contribution in [0.25, 0.3) is 49.4 Å². The summed E-state index contributed by atoms with van der Waals surface area (Å²) in [6.45, 7) is 0. The number of aromatic nitrogens is 1. The topological polar surface area (TPSA) is 18.1 Å². The third kappa shape index (κ3) is 2.31. The van der Waals surface area contributed by atoms with Crippen molar-refractivity contribution in [3.05, 3.63) is 87.8 Å². The van der Waals surface area contributed by atoms with Gasteiger partial charge < -0.3 is 8.98 Å². The minimum Gasteiger partial charge on any atom is -0.456 e. The minimum absolute atomic E-state index is 0.902. The lowest BCUT2D eigenvalue weighted by molar-refractivity contribution is 0.668. The Morgan fingerprint density at radius 1 is 0.571 bits per heavy atom. The van der Waals surface area contributed by atoms with Crippen LogP contribution >= 0.6 is 31.9 Å². The zero-order chi connectivity index (χ0) is 18.8. The van der Waals surface area contributed by atoms with Gasteiger partial charge in [0.05, 0.1) is 11.0 Å². The molecule has 4 aromatic carbocycles. The van der Waals surface area contributed by atoms with E-state index in [0.717, 1.165) is 47.6 Å². The number of para-hydroxylation sites is 1. The summed E-state index contributed by atoms with van der Waals surface area (Å²) in [7, 11) is 0. The van der Waals surface area contributed by atoms with E-state index in [2.05, 4.69) is 97.1 Å². The van der Waals surface area contributed by atoms with Crippen molar-refractivity contribution in [3.63, 3.8) is 0 Å². The van der Waals surface area contributed by atoms with Gasteiger partial charge >= 0.3 is 0 Å². The number of furan rings is 1. The molecule has 2 aromatic heterocycles. The second-order valence-corrected chi connectivity index (χ2v) is 8.77. The van der Waals surface area contributed by atoms with Crippen LogP contribution < -0.4 is 0 Å². The summed E-state index contributed by atoms with van der Waals surface area (Å²) >= 11 is 7.27. The van der Waals surface area contributed by atoms with Gasteiger partial charge in [-0.25, -0.2) is 0 Å². The molecule has 0 fully saturated rings. The zero-order valence-electron chi connectivity index (χ0n) is 14.6. The molecular formula is C24H13Br2NO. The number of hydrogen-bond acceptors (Lipinski definition) is 1. The maximum absolute atomic E-state index is 6.13. The van der Waals surface area contributed by atoms with Gasteiger partial charge in [-0.15, -0.1) is 0 Å². The predicted molar refractivity (Wildman–Crippen MR) is 123 cm³/mol. The first-order valence-electron chi connectivity index (χ1n) is 9.00. The summed E-state index contributed by atoms with van der Waals surface area (Å²) in [4.78, 5) is 0. The number of halogens is 2. The summed E-state index contributed by atoms with van der Waals surface area (Å²) in [6, 6.07) is 27.5. The fourth-order valence-electron chi connectivity index (χ4n) is 4.10. The standard InChI is InChI=1S/C24H13Br2NO/c25-14-5-8-17-18-9-6-15(26)12-22(18)27(21(17)11-14)16-7-10-20-19-3-1-2-4-23(19)28-24(20)13-16/h1-13H. The van der Waals surface area contributed by atoms with E-state index in [9.17, 15) is 0 Å². The molecule has 134 valence electrons. The molecule has 2 heterocycles. The van der Waals surface area contributed by atoms with Crippen molar-refractivity contribution in [2.75, 3.05) is 0 Å². The Balaban J connectivity index is 1.74. The van der Waals surface area contributed by atoms with Gasteiger partial charge in [0.2, 0.25) is 0 Å². The third-order valence-electron chi connectivity index (χ3n) is 5.31. The van der Waals surface area contributed by atoms with Crippen LogP contribution in [0.15, 0.2) is 92.2 Å². The summed E-state index contributed by atoms with van der Waals surface area (Å²) in [5.74, 6) is 0. The fourth-order valence-corrected chi connectivity index (χ4v) is 4.79. The van der Waals surface area contributed by atoms with Crippen molar-refractivity contribution < 1.29 is 4.42 Å². The van der Waals surface area contributed by atoms with Gasteiger partial charge in [0.15, 0.2) is 0 Å². The number of nitrogens with zero attached hydrogens (tertiary/aromatic N) is 1. The lowest BCUT2D eigenvalue weighted by atomic mass is 10.1. The van der Waals surface area contributed by atoms with E-state index in [-0.39, 0.29) is 0 Å². The maximum Gasteiger partial charge on any atom is 0.137 e. The van der Waals surface area contributed by atoms with Crippen LogP contribution in [0.4, 0.5) is 0 Å². The maximum atomic E-state index is 6.13. The van der Waals surface area contributed by atoms with Gasteiger partial charge in [0, 0.05) is 42.2 Å². The SMILES string of the molecule is Brc1ccc2c3ccc(Br)cc3n(-c3ccc4c(c3)oc3ccccc34)c2c1. The molecule has 0 amide bonds. The highest BCUT2D eigenvalue weighted by atomic mass is 79.9. The lowest BCUT2D eigenvalue weighted by Crippen LogP contribution is -1.93. The first-order chi connectivity index (χ1) is 13.7. The minimum atomic E-state index is 0.902. The van der Waals surface area contributed by atoms with E-state index < -0.39 is 0 Å². The van der Waals surface area contributed by atoms with Crippen LogP contribution in [-0.4, -0.2) is 4.57 Å². The normalized spacial score (nSPS) is 11.9. The molecule has 0 saturated heterocycles. The van der Waals surface area contributed by atoms with Crippen molar-refractivity contribution in [1.29, 1.82) is 0 Å². The van der Waals surface area contributed by atoms with Crippen molar-refractivity contribution >= 4 is 75.6 Å². The monoisotopic (exact) mass is 489 g/mol. The van der Waals surface area contributed by atoms with Crippen LogP contribution in [0.5, 0.6) is 0 Å². The molecule has 2 nitrogen and oxygen atoms in total. The Morgan fingerprint density at radius 2 is 1.18 bits per heavy atom. The molecule has 4 heteroatoms. The van der Waals surface area contributed by atoms with Crippen LogP contribution in [0, 0.1) is 0 Å². The van der Waals surface area contributed by atoms with E-state index >= 15 is 0 Å². The number of fused-ring (bicyclic) bond motifs is 6. The highest BCUT2D eigenvalue weighted by Gasteiger charge is 2.15. The second-order valence-electron chi connectivity index (χ2n) is 6.94. The van der Waals surface area contributed by atoms with Gasteiger partial charge in [0.25, 0.3) is 0 Å². The summed E-state index contributed by atoms with van der Waals surface area (Å²) in [6.07, 6.45) is 0. The fraction of sp³-hybridized carbons (Fsp3) is 0. The largest absolute Gasteiger partial charge is 0.456 e. The summed E-state index contributed by atoms with van der Waals surface area (Å²) < 4.78 is 10.6. The van der Waals surface area contributed by atoms with Crippen molar-refractivity contribution in [2.45, 2.75) is 0 Å². The van der Waals surface area contributed by atoms with E-state index in [4.69, 9.17) is 4.42 Å². The molecule has 6 rings (SSSR count). The molecule has 0 aliphatic rings. The Labute approximate surface area is 177 Å². The van der Waals surface area contributed by atoms with Gasteiger partial charge in [-0.3, -0.25) is 0 Å². The van der Waals surface area contributed by atoms with Gasteiger partial charge in [0.1, 0.15) is 11.2 Å². The van der Waals surface area contributed by atoms with E-state index in [1.54, 1.807) is 0 Å². The van der Waals surface area contributed by atoms with Crippen molar-refractivity contribution in [1.82, 2.24) is 4.57 Å². The van der Waals surface area contributed by atoms with Crippen LogP contribution in [0.2, 0.25) is 0 Å². The molecule has 0 spiro atoms. The van der Waals surface area contributed by atoms with Crippen LogP contribution in [-0.2, 0) is 0 Å². The number of rotatable bonds is 1. The van der Waals surface area contributed by atoms with E-state index in [1.807, 2.05) is 18.2 Å². The molecule has 0 saturated carbocycles. The molecule has 0 unspecified atom stereocenters. The second kappa shape index (κ2) is 5.97. The molecule has 0 radical (unpaired) electrons. The smallest absolute Gasteiger partial charge is 0.137 e. The lowest BCUT2D eigenvalue weighted by Gasteiger charge is -2.08. The molecule has 28 heavy (non-hydrogen) atoms. The molecule has 6 aromatic rings. The number of benzene rings is 4. The van der Waals surface area contributed by atoms with Gasteiger partial charge in [-0.2, -0.15) is 0 Å². The first kappa shape index (κ1) is 16.4. The predicted octanol–water partition coefficient (Wildman–Crippen LogP) is 8.21. The average molecular weight is 491 g/mol. The molecule has 0 aliphatic carbocycles. The van der Waals surface area contributed by atoms with E-state index in [1.165, 1.54) is 10.8 Å². The highest BCUT2D eigenvalue weighted by molar-refractivity contribution is 9.10. The van der Waals surface area contributed by atoms with Crippen LogP contribution in [0.1, 0.15) is 0 Å². The Hall–Kier alpha value is -2.56. The molecule has 0 N–H and O–H groups in total. The molecule has 0 aliphatic heterocycles. The first-order valence-corrected chi connectivity index (χ1v) is 10.6. The van der Waals surface area contributed by atoms with E-state index in [0.29, 0.717) is 0 Å². The summed E-state index contributed by atoms with van der Waals surface area (Å²) in [5, 5.41) is 4.75. The third-order valence-corrected chi connectivity index (χ3v) is 6.30.